The number of ether oxygens (including phenoxy) is 1. The molecular formula is C29H38N6O8. The molecule has 1 aromatic heterocycles. The zero-order valence-corrected chi connectivity index (χ0v) is 24.1. The number of rotatable bonds is 11. The quantitative estimate of drug-likeness (QED) is 0.277. The number of benzene rings is 1. The fraction of sp³-hybridized carbons (Fsp3) is 0.517. The van der Waals surface area contributed by atoms with Crippen molar-refractivity contribution in [2.45, 2.75) is 63.6 Å². The van der Waals surface area contributed by atoms with Crippen LogP contribution in [0.4, 0.5) is 10.6 Å². The van der Waals surface area contributed by atoms with Crippen LogP contribution in [-0.2, 0) is 19.2 Å². The molecule has 0 spiro atoms. The van der Waals surface area contributed by atoms with Crippen LogP contribution in [-0.4, -0.2) is 105 Å². The number of anilines is 1. The van der Waals surface area contributed by atoms with Gasteiger partial charge in [0.05, 0.1) is 25.8 Å². The predicted molar refractivity (Wildman–Crippen MR) is 154 cm³/mol. The summed E-state index contributed by atoms with van der Waals surface area (Å²) < 4.78 is 4.78. The summed E-state index contributed by atoms with van der Waals surface area (Å²) in [6, 6.07) is 9.62. The van der Waals surface area contributed by atoms with E-state index in [0.717, 1.165) is 12.8 Å². The molecule has 14 nitrogen and oxygen atoms in total. The van der Waals surface area contributed by atoms with E-state index in [1.54, 1.807) is 6.92 Å². The van der Waals surface area contributed by atoms with Crippen LogP contribution < -0.4 is 10.6 Å². The van der Waals surface area contributed by atoms with Crippen LogP contribution in [0, 0.1) is 0 Å². The third-order valence-electron chi connectivity index (χ3n) is 7.31. The number of aliphatic hydroxyl groups is 1. The first kappa shape index (κ1) is 31.6. The van der Waals surface area contributed by atoms with E-state index in [1.807, 2.05) is 30.3 Å². The van der Waals surface area contributed by atoms with Gasteiger partial charge in [0.2, 0.25) is 5.91 Å². The molecule has 2 aliphatic rings. The third-order valence-corrected chi connectivity index (χ3v) is 7.31. The van der Waals surface area contributed by atoms with E-state index < -0.39 is 30.0 Å². The number of amides is 2. The number of nitrogens with one attached hydrogen (secondary N) is 2. The molecule has 1 aliphatic heterocycles. The number of hydrogen-bond donors (Lipinski definition) is 4. The van der Waals surface area contributed by atoms with E-state index in [4.69, 9.17) is 9.57 Å². The fourth-order valence-electron chi connectivity index (χ4n) is 5.01. The van der Waals surface area contributed by atoms with Gasteiger partial charge >= 0.3 is 12.1 Å². The Balaban J connectivity index is 1.49. The van der Waals surface area contributed by atoms with E-state index in [2.05, 4.69) is 20.6 Å². The van der Waals surface area contributed by atoms with Crippen LogP contribution in [0.2, 0.25) is 0 Å². The van der Waals surface area contributed by atoms with Crippen LogP contribution in [0.15, 0.2) is 36.4 Å². The lowest BCUT2D eigenvalue weighted by atomic mass is 9.93. The first-order chi connectivity index (χ1) is 20.7. The standard InChI is InChI=1S/C29H38N6O8/c1-2-42-29(41)43-35-16-14-34(15-17-35)28(40)22(12-13-25(37)38)32-27(39)23-18-24(30-20-8-10-21(36)11-9-20)33-26(31-23)19-6-4-3-5-7-19/h3-7,18,20-22,36H,2,8-17H2,1H3,(H,32,39)(H,37,38)(H,30,31,33)/t20-,21-,22-/m0/s1. The Morgan fingerprint density at radius 3 is 2.37 bits per heavy atom. The lowest BCUT2D eigenvalue weighted by molar-refractivity contribution is -0.157. The Morgan fingerprint density at radius 1 is 1.02 bits per heavy atom. The zero-order valence-electron chi connectivity index (χ0n) is 24.1. The maximum atomic E-state index is 13.5. The Hall–Kier alpha value is -4.30. The molecule has 1 saturated heterocycles. The van der Waals surface area contributed by atoms with Gasteiger partial charge in [0.1, 0.15) is 17.6 Å². The van der Waals surface area contributed by atoms with Crippen molar-refractivity contribution in [3.63, 3.8) is 0 Å². The molecule has 1 aliphatic carbocycles. The van der Waals surface area contributed by atoms with Crippen LogP contribution in [0.5, 0.6) is 0 Å². The van der Waals surface area contributed by atoms with Gasteiger partial charge in [0.15, 0.2) is 5.82 Å². The van der Waals surface area contributed by atoms with Gasteiger partial charge in [-0.05, 0) is 39.0 Å². The molecule has 1 aromatic carbocycles. The normalized spacial score (nSPS) is 19.6. The minimum atomic E-state index is -1.12. The molecule has 4 N–H and O–H groups in total. The van der Waals surface area contributed by atoms with Crippen LogP contribution in [0.1, 0.15) is 55.9 Å². The number of aliphatic carboxylic acids is 1. The van der Waals surface area contributed by atoms with Crippen LogP contribution in [0.25, 0.3) is 11.4 Å². The van der Waals surface area contributed by atoms with E-state index in [1.165, 1.54) is 16.0 Å². The van der Waals surface area contributed by atoms with Crippen molar-refractivity contribution in [3.8, 4) is 11.4 Å². The van der Waals surface area contributed by atoms with Gasteiger partial charge in [-0.2, -0.15) is 0 Å². The number of aromatic nitrogens is 2. The maximum absolute atomic E-state index is 13.5. The number of carboxylic acids is 1. The van der Waals surface area contributed by atoms with Gasteiger partial charge in [-0.25, -0.2) is 14.8 Å². The topological polar surface area (TPSA) is 184 Å². The second-order valence-corrected chi connectivity index (χ2v) is 10.5. The molecule has 1 saturated carbocycles. The van der Waals surface area contributed by atoms with Crippen molar-refractivity contribution in [1.82, 2.24) is 25.2 Å². The van der Waals surface area contributed by atoms with Crippen molar-refractivity contribution in [1.29, 1.82) is 0 Å². The van der Waals surface area contributed by atoms with Gasteiger partial charge in [0.25, 0.3) is 5.91 Å². The highest BCUT2D eigenvalue weighted by Crippen LogP contribution is 2.24. The molecule has 2 amide bonds. The van der Waals surface area contributed by atoms with Crippen molar-refractivity contribution < 1.29 is 39.0 Å². The van der Waals surface area contributed by atoms with Gasteiger partial charge in [0, 0.05) is 37.2 Å². The highest BCUT2D eigenvalue weighted by molar-refractivity contribution is 5.97. The molecule has 4 rings (SSSR count). The zero-order chi connectivity index (χ0) is 30.8. The van der Waals surface area contributed by atoms with Crippen LogP contribution in [0.3, 0.4) is 0 Å². The monoisotopic (exact) mass is 598 g/mol. The first-order valence-electron chi connectivity index (χ1n) is 14.5. The summed E-state index contributed by atoms with van der Waals surface area (Å²) in [5, 5.41) is 26.6. The highest BCUT2D eigenvalue weighted by atomic mass is 16.8. The summed E-state index contributed by atoms with van der Waals surface area (Å²) in [4.78, 5) is 65.6. The van der Waals surface area contributed by atoms with E-state index >= 15 is 0 Å². The molecule has 2 aromatic rings. The second kappa shape index (κ2) is 15.3. The average molecular weight is 599 g/mol. The van der Waals surface area contributed by atoms with Crippen molar-refractivity contribution in [3.05, 3.63) is 42.1 Å². The van der Waals surface area contributed by atoms with Crippen molar-refractivity contribution in [2.24, 2.45) is 0 Å². The van der Waals surface area contributed by atoms with E-state index in [9.17, 15) is 29.4 Å². The van der Waals surface area contributed by atoms with Crippen molar-refractivity contribution in [2.75, 3.05) is 38.1 Å². The van der Waals surface area contributed by atoms with Crippen LogP contribution >= 0.6 is 0 Å². The summed E-state index contributed by atoms with van der Waals surface area (Å²) in [5.41, 5.74) is 0.716. The van der Waals surface area contributed by atoms with Gasteiger partial charge in [-0.15, -0.1) is 5.06 Å². The number of carboxylic acid groups (broad SMARTS) is 1. The van der Waals surface area contributed by atoms with E-state index in [0.29, 0.717) is 30.0 Å². The first-order valence-corrected chi connectivity index (χ1v) is 14.5. The summed E-state index contributed by atoms with van der Waals surface area (Å²) in [5.74, 6) is -1.43. The minimum absolute atomic E-state index is 0.0213. The lowest BCUT2D eigenvalue weighted by Gasteiger charge is -2.35. The Kier molecular flexibility index (Phi) is 11.2. The molecule has 2 fully saturated rings. The third kappa shape index (κ3) is 9.35. The number of hydroxylamine groups is 2. The average Bonchev–Trinajstić information content (AvgIpc) is 3.00. The summed E-state index contributed by atoms with van der Waals surface area (Å²) >= 11 is 0. The molecule has 14 heteroatoms. The Bertz CT molecular complexity index is 1260. The second-order valence-electron chi connectivity index (χ2n) is 10.5. The predicted octanol–water partition coefficient (Wildman–Crippen LogP) is 2.05. The SMILES string of the molecule is CCOC(=O)ON1CCN(C(=O)[C@H](CCC(=O)O)NC(=O)c2cc(N[C@H]3CC[C@H](O)CC3)nc(-c3ccccc3)n2)CC1. The molecule has 43 heavy (non-hydrogen) atoms. The van der Waals surface area contributed by atoms with Gasteiger partial charge in [-0.1, -0.05) is 30.3 Å². The number of carbonyl (C=O) groups is 4. The maximum Gasteiger partial charge on any atom is 0.527 e. The fourth-order valence-corrected chi connectivity index (χ4v) is 5.01. The summed E-state index contributed by atoms with van der Waals surface area (Å²) in [6.07, 6.45) is 1.22. The molecule has 2 heterocycles. The lowest BCUT2D eigenvalue weighted by Crippen LogP contribution is -2.55. The van der Waals surface area contributed by atoms with E-state index in [-0.39, 0.29) is 63.5 Å². The number of piperazine rings is 1. The molecule has 1 atom stereocenters. The summed E-state index contributed by atoms with van der Waals surface area (Å²) in [7, 11) is 0. The minimum Gasteiger partial charge on any atom is -0.481 e. The van der Waals surface area contributed by atoms with Crippen molar-refractivity contribution >= 4 is 29.8 Å². The van der Waals surface area contributed by atoms with Gasteiger partial charge < -0.3 is 35.3 Å². The number of aliphatic hydroxyl groups excluding tert-OH is 1. The number of nitrogens with zero attached hydrogens (tertiary/aromatic N) is 4. The molecule has 0 bridgehead atoms. The smallest absolute Gasteiger partial charge is 0.481 e. The highest BCUT2D eigenvalue weighted by Gasteiger charge is 2.31. The molecule has 0 unspecified atom stereocenters. The molecule has 232 valence electrons. The largest absolute Gasteiger partial charge is 0.527 e. The Morgan fingerprint density at radius 2 is 1.72 bits per heavy atom. The summed E-state index contributed by atoms with van der Waals surface area (Å²) in [6.45, 7) is 2.69. The van der Waals surface area contributed by atoms with Gasteiger partial charge in [-0.3, -0.25) is 14.4 Å². The number of carbonyl (C=O) groups excluding carboxylic acids is 3. The number of hydrogen-bond acceptors (Lipinski definition) is 11. The molecule has 0 radical (unpaired) electrons. The molecular weight excluding hydrogens is 560 g/mol. The Labute approximate surface area is 249 Å².